The van der Waals surface area contributed by atoms with Crippen LogP contribution in [0.2, 0.25) is 0 Å². The highest BCUT2D eigenvalue weighted by atomic mass is 79.9. The van der Waals surface area contributed by atoms with Gasteiger partial charge in [0, 0.05) is 25.0 Å². The Morgan fingerprint density at radius 1 is 1.67 bits per heavy atom. The van der Waals surface area contributed by atoms with Gasteiger partial charge in [0.25, 0.3) is 0 Å². The molecule has 84 valence electrons. The number of ether oxygens (including phenoxy) is 1. The van der Waals surface area contributed by atoms with Gasteiger partial charge in [-0.3, -0.25) is 9.58 Å². The average Bonchev–Trinajstić information content (AvgIpc) is 2.65. The molecular weight excluding hydrogens is 260 g/mol. The maximum atomic E-state index is 5.44. The summed E-state index contributed by atoms with van der Waals surface area (Å²) in [6, 6.07) is 0.440. The van der Waals surface area contributed by atoms with Crippen LogP contribution in [0.5, 0.6) is 0 Å². The van der Waals surface area contributed by atoms with Gasteiger partial charge in [0.1, 0.15) is 12.2 Å². The minimum atomic E-state index is 0.440. The number of aromatic nitrogens is 3. The van der Waals surface area contributed by atoms with E-state index in [0.29, 0.717) is 6.04 Å². The lowest BCUT2D eigenvalue weighted by Gasteiger charge is -2.33. The van der Waals surface area contributed by atoms with Crippen LogP contribution in [0.1, 0.15) is 5.82 Å². The maximum absolute atomic E-state index is 5.44. The zero-order valence-electron chi connectivity index (χ0n) is 8.77. The molecule has 1 fully saturated rings. The lowest BCUT2D eigenvalue weighted by Crippen LogP contribution is -2.46. The van der Waals surface area contributed by atoms with E-state index in [1.807, 2.05) is 11.7 Å². The number of rotatable bonds is 3. The lowest BCUT2D eigenvalue weighted by atomic mass is 10.2. The summed E-state index contributed by atoms with van der Waals surface area (Å²) in [5.41, 5.74) is 0. The van der Waals surface area contributed by atoms with Crippen LogP contribution in [-0.4, -0.2) is 50.8 Å². The number of morpholine rings is 1. The van der Waals surface area contributed by atoms with E-state index in [2.05, 4.69) is 30.9 Å². The molecule has 0 spiro atoms. The highest BCUT2D eigenvalue weighted by Gasteiger charge is 2.23. The largest absolute Gasteiger partial charge is 0.378 e. The molecule has 15 heavy (non-hydrogen) atoms. The Bertz CT molecular complexity index is 317. The fraction of sp³-hybridized carbons (Fsp3) is 0.778. The molecule has 1 saturated heterocycles. The third-order valence-electron chi connectivity index (χ3n) is 2.68. The van der Waals surface area contributed by atoms with Crippen molar-refractivity contribution in [2.75, 3.05) is 25.1 Å². The van der Waals surface area contributed by atoms with Crippen molar-refractivity contribution in [1.29, 1.82) is 0 Å². The second kappa shape index (κ2) is 5.05. The predicted molar refractivity (Wildman–Crippen MR) is 59.8 cm³/mol. The molecule has 0 N–H and O–H groups in total. The summed E-state index contributed by atoms with van der Waals surface area (Å²) in [7, 11) is 1.92. The summed E-state index contributed by atoms with van der Waals surface area (Å²) in [6.45, 7) is 3.41. The van der Waals surface area contributed by atoms with Crippen molar-refractivity contribution in [3.63, 3.8) is 0 Å². The molecule has 1 aliphatic rings. The van der Waals surface area contributed by atoms with Crippen LogP contribution < -0.4 is 0 Å². The van der Waals surface area contributed by atoms with Gasteiger partial charge in [-0.05, 0) is 0 Å². The van der Waals surface area contributed by atoms with E-state index in [4.69, 9.17) is 4.74 Å². The maximum Gasteiger partial charge on any atom is 0.140 e. The first-order valence-corrected chi connectivity index (χ1v) is 6.14. The zero-order chi connectivity index (χ0) is 10.7. The number of nitrogens with zero attached hydrogens (tertiary/aromatic N) is 4. The van der Waals surface area contributed by atoms with Crippen molar-refractivity contribution in [3.8, 4) is 0 Å². The molecule has 2 heterocycles. The van der Waals surface area contributed by atoms with Gasteiger partial charge in [-0.25, -0.2) is 4.98 Å². The molecule has 1 aliphatic heterocycles. The van der Waals surface area contributed by atoms with E-state index in [9.17, 15) is 0 Å². The summed E-state index contributed by atoms with van der Waals surface area (Å²) in [5, 5.41) is 5.00. The van der Waals surface area contributed by atoms with Gasteiger partial charge in [-0.2, -0.15) is 5.10 Å². The van der Waals surface area contributed by atoms with Gasteiger partial charge in [0.2, 0.25) is 0 Å². The van der Waals surface area contributed by atoms with Crippen LogP contribution >= 0.6 is 15.9 Å². The van der Waals surface area contributed by atoms with Crippen molar-refractivity contribution in [2.24, 2.45) is 7.05 Å². The van der Waals surface area contributed by atoms with E-state index in [1.165, 1.54) is 0 Å². The third kappa shape index (κ3) is 2.56. The number of alkyl halides is 1. The molecule has 0 bridgehead atoms. The molecule has 0 aliphatic carbocycles. The van der Waals surface area contributed by atoms with Gasteiger partial charge >= 0.3 is 0 Å². The minimum Gasteiger partial charge on any atom is -0.378 e. The molecule has 0 radical (unpaired) electrons. The van der Waals surface area contributed by atoms with Crippen LogP contribution in [0.3, 0.4) is 0 Å². The van der Waals surface area contributed by atoms with E-state index in [-0.39, 0.29) is 0 Å². The Morgan fingerprint density at radius 3 is 3.20 bits per heavy atom. The predicted octanol–water partition coefficient (Wildman–Crippen LogP) is 0.411. The van der Waals surface area contributed by atoms with E-state index in [0.717, 1.165) is 37.5 Å². The third-order valence-corrected chi connectivity index (χ3v) is 3.42. The van der Waals surface area contributed by atoms with Gasteiger partial charge in [-0.15, -0.1) is 0 Å². The van der Waals surface area contributed by atoms with Crippen LogP contribution in [0.4, 0.5) is 0 Å². The second-order valence-corrected chi connectivity index (χ2v) is 4.30. The molecule has 6 heteroatoms. The van der Waals surface area contributed by atoms with Gasteiger partial charge in [0.15, 0.2) is 0 Å². The fourth-order valence-corrected chi connectivity index (χ4v) is 2.28. The first-order valence-electron chi connectivity index (χ1n) is 5.02. The highest BCUT2D eigenvalue weighted by molar-refractivity contribution is 9.09. The Balaban J connectivity index is 2.00. The smallest absolute Gasteiger partial charge is 0.140 e. The topological polar surface area (TPSA) is 43.2 Å². The molecule has 0 saturated carbocycles. The Kier molecular flexibility index (Phi) is 3.71. The van der Waals surface area contributed by atoms with E-state index < -0.39 is 0 Å². The normalized spacial score (nSPS) is 23.2. The summed E-state index contributed by atoms with van der Waals surface area (Å²) in [5.74, 6) is 1.00. The minimum absolute atomic E-state index is 0.440. The Hall–Kier alpha value is -0.460. The summed E-state index contributed by atoms with van der Waals surface area (Å²) in [6.07, 6.45) is 1.60. The second-order valence-electron chi connectivity index (χ2n) is 3.65. The molecule has 1 aromatic heterocycles. The van der Waals surface area contributed by atoms with Crippen molar-refractivity contribution in [3.05, 3.63) is 12.2 Å². The van der Waals surface area contributed by atoms with Gasteiger partial charge in [-0.1, -0.05) is 15.9 Å². The first-order chi connectivity index (χ1) is 7.31. The molecule has 5 nitrogen and oxygen atoms in total. The highest BCUT2D eigenvalue weighted by Crippen LogP contribution is 2.12. The van der Waals surface area contributed by atoms with Crippen LogP contribution in [0.15, 0.2) is 6.33 Å². The average molecular weight is 275 g/mol. The SMILES string of the molecule is Cn1ncnc1CN1CCOCC1CBr. The van der Waals surface area contributed by atoms with Crippen molar-refractivity contribution in [2.45, 2.75) is 12.6 Å². The van der Waals surface area contributed by atoms with Gasteiger partial charge in [0.05, 0.1) is 19.8 Å². The van der Waals surface area contributed by atoms with E-state index in [1.54, 1.807) is 6.33 Å². The standard InChI is InChI=1S/C9H15BrN4O/c1-13-9(11-7-12-13)5-14-2-3-15-6-8(14)4-10/h7-8H,2-6H2,1H3. The molecule has 1 atom stereocenters. The first kappa shape index (κ1) is 11.0. The molecular formula is C9H15BrN4O. The Labute approximate surface area is 97.5 Å². The zero-order valence-corrected chi connectivity index (χ0v) is 10.4. The molecule has 0 amide bonds. The number of aryl methyl sites for hydroxylation is 1. The lowest BCUT2D eigenvalue weighted by molar-refractivity contribution is -0.00370. The summed E-state index contributed by atoms with van der Waals surface area (Å²) in [4.78, 5) is 6.61. The van der Waals surface area contributed by atoms with Crippen molar-refractivity contribution < 1.29 is 4.74 Å². The molecule has 2 rings (SSSR count). The molecule has 0 aromatic carbocycles. The number of hydrogen-bond acceptors (Lipinski definition) is 4. The quantitative estimate of drug-likeness (QED) is 0.749. The van der Waals surface area contributed by atoms with Crippen LogP contribution in [0, 0.1) is 0 Å². The Morgan fingerprint density at radius 2 is 2.53 bits per heavy atom. The molecule has 1 unspecified atom stereocenters. The van der Waals surface area contributed by atoms with Crippen LogP contribution in [-0.2, 0) is 18.3 Å². The van der Waals surface area contributed by atoms with Crippen molar-refractivity contribution in [1.82, 2.24) is 19.7 Å². The fourth-order valence-electron chi connectivity index (χ4n) is 1.68. The number of hydrogen-bond donors (Lipinski definition) is 0. The van der Waals surface area contributed by atoms with E-state index >= 15 is 0 Å². The number of halogens is 1. The van der Waals surface area contributed by atoms with Gasteiger partial charge < -0.3 is 4.74 Å². The molecule has 1 aromatic rings. The monoisotopic (exact) mass is 274 g/mol. The summed E-state index contributed by atoms with van der Waals surface area (Å²) >= 11 is 3.51. The van der Waals surface area contributed by atoms with Crippen molar-refractivity contribution >= 4 is 15.9 Å². The van der Waals surface area contributed by atoms with Crippen LogP contribution in [0.25, 0.3) is 0 Å². The summed E-state index contributed by atoms with van der Waals surface area (Å²) < 4.78 is 7.26.